The lowest BCUT2D eigenvalue weighted by molar-refractivity contribution is 0.0686. The van der Waals surface area contributed by atoms with Crippen molar-refractivity contribution >= 4 is 15.7 Å². The van der Waals surface area contributed by atoms with Crippen LogP contribution >= 0.6 is 0 Å². The van der Waals surface area contributed by atoms with Crippen LogP contribution in [0.4, 0.5) is 0 Å². The lowest BCUT2D eigenvalue weighted by atomic mass is 10.1. The Morgan fingerprint density at radius 1 is 1.42 bits per heavy atom. The highest BCUT2D eigenvalue weighted by atomic mass is 32.2. The molecule has 2 saturated heterocycles. The fraction of sp³-hybridized carbons (Fsp3) is 0.632. The fourth-order valence-corrected chi connectivity index (χ4v) is 5.62. The minimum atomic E-state index is -3.06. The maximum atomic E-state index is 13.0. The van der Waals surface area contributed by atoms with Crippen LogP contribution in [0.1, 0.15) is 48.1 Å². The molecule has 1 aromatic rings. The van der Waals surface area contributed by atoms with E-state index in [0.29, 0.717) is 18.7 Å². The lowest BCUT2D eigenvalue weighted by Gasteiger charge is -2.26. The summed E-state index contributed by atoms with van der Waals surface area (Å²) in [5, 5.41) is 0. The molecule has 3 rings (SSSR count). The summed E-state index contributed by atoms with van der Waals surface area (Å²) in [6.07, 6.45) is 5.28. The molecule has 2 aliphatic heterocycles. The first-order chi connectivity index (χ1) is 12.4. The number of aryl methyl sites for hydroxylation is 1. The number of carbonyl (C=O) groups is 1. The minimum absolute atomic E-state index is 0.0224. The van der Waals surface area contributed by atoms with Crippen LogP contribution in [0.3, 0.4) is 0 Å². The third kappa shape index (κ3) is 4.20. The predicted octanol–water partition coefficient (Wildman–Crippen LogP) is 2.25. The van der Waals surface area contributed by atoms with E-state index in [4.69, 9.17) is 4.42 Å². The molecular weight excluding hydrogens is 352 g/mol. The second-order valence-electron chi connectivity index (χ2n) is 7.20. The van der Waals surface area contributed by atoms with E-state index in [9.17, 15) is 13.2 Å². The average molecular weight is 381 g/mol. The summed E-state index contributed by atoms with van der Waals surface area (Å²) in [6.45, 7) is 9.02. The number of sulfone groups is 1. The summed E-state index contributed by atoms with van der Waals surface area (Å²) >= 11 is 0. The van der Waals surface area contributed by atoms with Gasteiger partial charge in [0.2, 0.25) is 0 Å². The van der Waals surface area contributed by atoms with Crippen LogP contribution in [-0.4, -0.2) is 61.3 Å². The van der Waals surface area contributed by atoms with Gasteiger partial charge in [0, 0.05) is 31.1 Å². The molecule has 0 N–H and O–H groups in total. The van der Waals surface area contributed by atoms with Gasteiger partial charge in [0.25, 0.3) is 5.91 Å². The molecule has 6 nitrogen and oxygen atoms in total. The number of furan rings is 1. The second kappa shape index (κ2) is 7.96. The fourth-order valence-electron chi connectivity index (χ4n) is 3.89. The SMILES string of the molecule is C=CCN(C(=O)c1cc(CN2CCCC2)c(CC)o1)[C@H]1CCS(=O)(=O)C1. The van der Waals surface area contributed by atoms with Crippen LogP contribution < -0.4 is 0 Å². The minimum Gasteiger partial charge on any atom is -0.456 e. The predicted molar refractivity (Wildman–Crippen MR) is 101 cm³/mol. The molecule has 0 bridgehead atoms. The van der Waals surface area contributed by atoms with E-state index in [-0.39, 0.29) is 23.5 Å². The van der Waals surface area contributed by atoms with E-state index in [1.807, 2.05) is 13.0 Å². The number of hydrogen-bond acceptors (Lipinski definition) is 5. The van der Waals surface area contributed by atoms with E-state index in [1.54, 1.807) is 11.0 Å². The molecule has 0 spiro atoms. The monoisotopic (exact) mass is 380 g/mol. The highest BCUT2D eigenvalue weighted by molar-refractivity contribution is 7.91. The number of nitrogens with zero attached hydrogens (tertiary/aromatic N) is 2. The Morgan fingerprint density at radius 2 is 2.15 bits per heavy atom. The largest absolute Gasteiger partial charge is 0.456 e. The molecule has 1 atom stereocenters. The third-order valence-corrected chi connectivity index (χ3v) is 7.01. The second-order valence-corrected chi connectivity index (χ2v) is 9.43. The first-order valence-corrected chi connectivity index (χ1v) is 11.2. The number of amides is 1. The first-order valence-electron chi connectivity index (χ1n) is 9.39. The first kappa shape index (κ1) is 19.2. The van der Waals surface area contributed by atoms with Crippen LogP contribution in [-0.2, 0) is 22.8 Å². The van der Waals surface area contributed by atoms with Crippen LogP contribution in [0.2, 0.25) is 0 Å². The average Bonchev–Trinajstić information content (AvgIpc) is 3.32. The molecule has 3 heterocycles. The number of carbonyl (C=O) groups excluding carboxylic acids is 1. The van der Waals surface area contributed by atoms with Gasteiger partial charge in [-0.05, 0) is 38.4 Å². The number of hydrogen-bond donors (Lipinski definition) is 0. The van der Waals surface area contributed by atoms with Crippen molar-refractivity contribution in [1.29, 1.82) is 0 Å². The van der Waals surface area contributed by atoms with Gasteiger partial charge in [0.15, 0.2) is 15.6 Å². The smallest absolute Gasteiger partial charge is 0.290 e. The van der Waals surface area contributed by atoms with E-state index >= 15 is 0 Å². The van der Waals surface area contributed by atoms with Gasteiger partial charge >= 0.3 is 0 Å². The van der Waals surface area contributed by atoms with Gasteiger partial charge in [-0.25, -0.2) is 8.42 Å². The van der Waals surface area contributed by atoms with E-state index in [0.717, 1.165) is 37.4 Å². The van der Waals surface area contributed by atoms with Crippen molar-refractivity contribution in [2.75, 3.05) is 31.1 Å². The molecule has 26 heavy (non-hydrogen) atoms. The van der Waals surface area contributed by atoms with Gasteiger partial charge in [0.05, 0.1) is 11.5 Å². The van der Waals surface area contributed by atoms with Crippen molar-refractivity contribution in [3.8, 4) is 0 Å². The molecule has 0 aromatic carbocycles. The molecule has 0 radical (unpaired) electrons. The van der Waals surface area contributed by atoms with Gasteiger partial charge in [-0.3, -0.25) is 9.69 Å². The van der Waals surface area contributed by atoms with Gasteiger partial charge in [-0.2, -0.15) is 0 Å². The summed E-state index contributed by atoms with van der Waals surface area (Å²) in [7, 11) is -3.06. The van der Waals surface area contributed by atoms with Gasteiger partial charge in [0.1, 0.15) is 5.76 Å². The van der Waals surface area contributed by atoms with Gasteiger partial charge < -0.3 is 9.32 Å². The Bertz CT molecular complexity index is 763. The van der Waals surface area contributed by atoms with Crippen LogP contribution in [0, 0.1) is 0 Å². The molecule has 2 aliphatic rings. The quantitative estimate of drug-likeness (QED) is 0.679. The van der Waals surface area contributed by atoms with Crippen molar-refractivity contribution in [2.45, 2.75) is 45.2 Å². The molecule has 0 saturated carbocycles. The highest BCUT2D eigenvalue weighted by Gasteiger charge is 2.35. The van der Waals surface area contributed by atoms with E-state index in [2.05, 4.69) is 11.5 Å². The number of likely N-dealkylation sites (tertiary alicyclic amines) is 1. The molecular formula is C19H28N2O4S. The van der Waals surface area contributed by atoms with E-state index < -0.39 is 9.84 Å². The molecule has 1 amide bonds. The summed E-state index contributed by atoms with van der Waals surface area (Å²) in [5.41, 5.74) is 1.07. The van der Waals surface area contributed by atoms with Crippen molar-refractivity contribution in [3.05, 3.63) is 35.8 Å². The normalized spacial score (nSPS) is 22.6. The van der Waals surface area contributed by atoms with E-state index in [1.165, 1.54) is 12.8 Å². The van der Waals surface area contributed by atoms with Crippen molar-refractivity contribution in [3.63, 3.8) is 0 Å². The molecule has 144 valence electrons. The van der Waals surface area contributed by atoms with Crippen LogP contribution in [0.25, 0.3) is 0 Å². The summed E-state index contributed by atoms with van der Waals surface area (Å²) in [6, 6.07) is 1.54. The Kier molecular flexibility index (Phi) is 5.87. The zero-order valence-corrected chi connectivity index (χ0v) is 16.3. The summed E-state index contributed by atoms with van der Waals surface area (Å²) in [4.78, 5) is 17.0. The Balaban J connectivity index is 1.80. The standard InChI is InChI=1S/C19H28N2O4S/c1-3-8-21(16-7-11-26(23,24)14-16)19(22)18-12-15(17(4-2)25-18)13-20-9-5-6-10-20/h3,12,16H,1,4-11,13-14H2,2H3/t16-/m0/s1. The number of rotatable bonds is 7. The van der Waals surface area contributed by atoms with Crippen molar-refractivity contribution in [1.82, 2.24) is 9.80 Å². The molecule has 2 fully saturated rings. The highest BCUT2D eigenvalue weighted by Crippen LogP contribution is 2.24. The van der Waals surface area contributed by atoms with Crippen LogP contribution in [0.15, 0.2) is 23.1 Å². The van der Waals surface area contributed by atoms with Gasteiger partial charge in [-0.1, -0.05) is 13.0 Å². The summed E-state index contributed by atoms with van der Waals surface area (Å²) < 4.78 is 29.5. The molecule has 0 aliphatic carbocycles. The lowest BCUT2D eigenvalue weighted by Crippen LogP contribution is -2.41. The van der Waals surface area contributed by atoms with Crippen molar-refractivity contribution in [2.24, 2.45) is 0 Å². The van der Waals surface area contributed by atoms with Gasteiger partial charge in [-0.15, -0.1) is 6.58 Å². The Labute approximate surface area is 155 Å². The van der Waals surface area contributed by atoms with Crippen LogP contribution in [0.5, 0.6) is 0 Å². The zero-order chi connectivity index (χ0) is 18.7. The topological polar surface area (TPSA) is 70.8 Å². The Hall–Kier alpha value is -1.60. The third-order valence-electron chi connectivity index (χ3n) is 5.26. The Morgan fingerprint density at radius 3 is 2.73 bits per heavy atom. The molecule has 7 heteroatoms. The maximum Gasteiger partial charge on any atom is 0.290 e. The molecule has 1 aromatic heterocycles. The summed E-state index contributed by atoms with van der Waals surface area (Å²) in [5.74, 6) is 1.07. The van der Waals surface area contributed by atoms with Crippen molar-refractivity contribution < 1.29 is 17.6 Å². The maximum absolute atomic E-state index is 13.0. The zero-order valence-electron chi connectivity index (χ0n) is 15.4. The molecule has 0 unspecified atom stereocenters.